The maximum atomic E-state index is 12.1. The maximum absolute atomic E-state index is 12.1. The zero-order valence-electron chi connectivity index (χ0n) is 12.5. The molecule has 2 aromatic rings. The largest absolute Gasteiger partial charge is 0.326 e. The molecule has 0 radical (unpaired) electrons. The summed E-state index contributed by atoms with van der Waals surface area (Å²) in [6.07, 6.45) is 0. The summed E-state index contributed by atoms with van der Waals surface area (Å²) in [4.78, 5) is 13.8. The van der Waals surface area contributed by atoms with Crippen LogP contribution in [0.4, 0.5) is 10.5 Å². The first-order chi connectivity index (χ1) is 10.1. The molecule has 0 aromatic heterocycles. The van der Waals surface area contributed by atoms with Crippen LogP contribution in [0.1, 0.15) is 16.7 Å². The van der Waals surface area contributed by atoms with Crippen molar-refractivity contribution in [3.63, 3.8) is 0 Å². The van der Waals surface area contributed by atoms with Crippen LogP contribution in [0.2, 0.25) is 0 Å². The number of nitrogens with one attached hydrogen (secondary N) is 1. The topological polar surface area (TPSA) is 58.4 Å². The molecule has 0 aliphatic rings. The summed E-state index contributed by atoms with van der Waals surface area (Å²) in [5.74, 6) is 0. The normalized spacial score (nSPS) is 10.2. The van der Waals surface area contributed by atoms with Crippen LogP contribution < -0.4 is 11.1 Å². The SMILES string of the molecule is Cc1ccc(NC(=O)N(C)Cc2ccc(CN)cc2)cc1. The average Bonchev–Trinajstić information content (AvgIpc) is 2.50. The van der Waals surface area contributed by atoms with Crippen LogP contribution in [-0.4, -0.2) is 18.0 Å². The molecule has 21 heavy (non-hydrogen) atoms. The number of amides is 2. The summed E-state index contributed by atoms with van der Waals surface area (Å²) in [5.41, 5.74) is 9.71. The third-order valence-electron chi connectivity index (χ3n) is 3.33. The van der Waals surface area contributed by atoms with Crippen LogP contribution in [0.5, 0.6) is 0 Å². The number of nitrogens with zero attached hydrogens (tertiary/aromatic N) is 1. The van der Waals surface area contributed by atoms with Crippen molar-refractivity contribution in [2.75, 3.05) is 12.4 Å². The molecular weight excluding hydrogens is 262 g/mol. The fourth-order valence-corrected chi connectivity index (χ4v) is 1.98. The molecule has 0 unspecified atom stereocenters. The van der Waals surface area contributed by atoms with Crippen LogP contribution >= 0.6 is 0 Å². The molecule has 3 N–H and O–H groups in total. The number of carbonyl (C=O) groups is 1. The van der Waals surface area contributed by atoms with Crippen molar-refractivity contribution in [1.29, 1.82) is 0 Å². The quantitative estimate of drug-likeness (QED) is 0.905. The van der Waals surface area contributed by atoms with Gasteiger partial charge in [-0.15, -0.1) is 0 Å². The van der Waals surface area contributed by atoms with Crippen LogP contribution in [0, 0.1) is 6.92 Å². The molecule has 0 aliphatic heterocycles. The second kappa shape index (κ2) is 6.90. The Morgan fingerprint density at radius 2 is 1.62 bits per heavy atom. The lowest BCUT2D eigenvalue weighted by molar-refractivity contribution is 0.220. The van der Waals surface area contributed by atoms with Gasteiger partial charge in [-0.1, -0.05) is 42.0 Å². The van der Waals surface area contributed by atoms with Crippen LogP contribution in [-0.2, 0) is 13.1 Å². The van der Waals surface area contributed by atoms with E-state index in [-0.39, 0.29) is 6.03 Å². The molecule has 0 atom stereocenters. The number of aryl methyl sites for hydroxylation is 1. The van der Waals surface area contributed by atoms with Crippen molar-refractivity contribution in [1.82, 2.24) is 4.90 Å². The van der Waals surface area contributed by atoms with Gasteiger partial charge in [0.2, 0.25) is 0 Å². The van der Waals surface area contributed by atoms with Gasteiger partial charge in [-0.05, 0) is 30.2 Å². The van der Waals surface area contributed by atoms with E-state index in [2.05, 4.69) is 5.32 Å². The highest BCUT2D eigenvalue weighted by molar-refractivity contribution is 5.89. The summed E-state index contributed by atoms with van der Waals surface area (Å²) in [7, 11) is 1.78. The van der Waals surface area contributed by atoms with Gasteiger partial charge in [-0.3, -0.25) is 0 Å². The second-order valence-electron chi connectivity index (χ2n) is 5.17. The van der Waals surface area contributed by atoms with E-state index in [0.717, 1.165) is 16.8 Å². The van der Waals surface area contributed by atoms with Crippen molar-refractivity contribution in [3.05, 3.63) is 65.2 Å². The molecule has 0 fully saturated rings. The molecule has 0 saturated heterocycles. The van der Waals surface area contributed by atoms with E-state index in [1.165, 1.54) is 5.56 Å². The Kier molecular flexibility index (Phi) is 4.95. The van der Waals surface area contributed by atoms with Gasteiger partial charge in [0.15, 0.2) is 0 Å². The number of urea groups is 1. The lowest BCUT2D eigenvalue weighted by atomic mass is 10.1. The number of carbonyl (C=O) groups excluding carboxylic acids is 1. The van der Waals surface area contributed by atoms with E-state index in [1.807, 2.05) is 55.5 Å². The smallest absolute Gasteiger partial charge is 0.321 e. The average molecular weight is 283 g/mol. The summed E-state index contributed by atoms with van der Waals surface area (Å²) < 4.78 is 0. The van der Waals surface area contributed by atoms with Gasteiger partial charge in [0.1, 0.15) is 0 Å². The van der Waals surface area contributed by atoms with Crippen LogP contribution in [0.25, 0.3) is 0 Å². The Hall–Kier alpha value is -2.33. The van der Waals surface area contributed by atoms with Crippen LogP contribution in [0.15, 0.2) is 48.5 Å². The van der Waals surface area contributed by atoms with Crippen molar-refractivity contribution in [2.24, 2.45) is 5.73 Å². The minimum Gasteiger partial charge on any atom is -0.326 e. The first kappa shape index (κ1) is 15.1. The number of benzene rings is 2. The van der Waals surface area contributed by atoms with Crippen molar-refractivity contribution in [3.8, 4) is 0 Å². The number of hydrogen-bond donors (Lipinski definition) is 2. The Morgan fingerprint density at radius 3 is 2.19 bits per heavy atom. The summed E-state index contributed by atoms with van der Waals surface area (Å²) in [5, 5.41) is 2.88. The second-order valence-corrected chi connectivity index (χ2v) is 5.17. The van der Waals surface area contributed by atoms with E-state index in [1.54, 1.807) is 11.9 Å². The molecule has 0 heterocycles. The Bertz CT molecular complexity index is 590. The summed E-state index contributed by atoms with van der Waals surface area (Å²) >= 11 is 0. The maximum Gasteiger partial charge on any atom is 0.321 e. The van der Waals surface area contributed by atoms with Gasteiger partial charge in [0, 0.05) is 25.8 Å². The molecule has 2 amide bonds. The zero-order chi connectivity index (χ0) is 15.2. The van der Waals surface area contributed by atoms with E-state index < -0.39 is 0 Å². The highest BCUT2D eigenvalue weighted by Gasteiger charge is 2.09. The van der Waals surface area contributed by atoms with Gasteiger partial charge in [0.25, 0.3) is 0 Å². The molecule has 0 saturated carbocycles. The molecular formula is C17H21N3O. The number of hydrogen-bond acceptors (Lipinski definition) is 2. The zero-order valence-corrected chi connectivity index (χ0v) is 12.5. The molecule has 110 valence electrons. The number of nitrogens with two attached hydrogens (primary N) is 1. The van der Waals surface area contributed by atoms with Crippen molar-refractivity contribution >= 4 is 11.7 Å². The number of anilines is 1. The fraction of sp³-hybridized carbons (Fsp3) is 0.235. The third-order valence-corrected chi connectivity index (χ3v) is 3.33. The monoisotopic (exact) mass is 283 g/mol. The van der Waals surface area contributed by atoms with E-state index in [4.69, 9.17) is 5.73 Å². The van der Waals surface area contributed by atoms with Gasteiger partial charge in [0.05, 0.1) is 0 Å². The van der Waals surface area contributed by atoms with Crippen molar-refractivity contribution in [2.45, 2.75) is 20.0 Å². The molecule has 2 aromatic carbocycles. The minimum atomic E-state index is -0.123. The van der Waals surface area contributed by atoms with Crippen LogP contribution in [0.3, 0.4) is 0 Å². The Morgan fingerprint density at radius 1 is 1.05 bits per heavy atom. The standard InChI is InChI=1S/C17H21N3O/c1-13-3-9-16(10-4-13)19-17(21)20(2)12-15-7-5-14(11-18)6-8-15/h3-10H,11-12,18H2,1-2H3,(H,19,21). The molecule has 0 bridgehead atoms. The first-order valence-electron chi connectivity index (χ1n) is 6.95. The molecule has 0 spiro atoms. The first-order valence-corrected chi connectivity index (χ1v) is 6.95. The van der Waals surface area contributed by atoms with Gasteiger partial charge < -0.3 is 16.0 Å². The van der Waals surface area contributed by atoms with Gasteiger partial charge >= 0.3 is 6.03 Å². The molecule has 4 nitrogen and oxygen atoms in total. The number of rotatable bonds is 4. The summed E-state index contributed by atoms with van der Waals surface area (Å²) in [6, 6.07) is 15.6. The van der Waals surface area contributed by atoms with E-state index >= 15 is 0 Å². The van der Waals surface area contributed by atoms with E-state index in [0.29, 0.717) is 13.1 Å². The summed E-state index contributed by atoms with van der Waals surface area (Å²) in [6.45, 7) is 3.11. The van der Waals surface area contributed by atoms with Crippen molar-refractivity contribution < 1.29 is 4.79 Å². The third kappa shape index (κ3) is 4.33. The molecule has 2 rings (SSSR count). The van der Waals surface area contributed by atoms with Gasteiger partial charge in [-0.25, -0.2) is 4.79 Å². The Balaban J connectivity index is 1.93. The highest BCUT2D eigenvalue weighted by Crippen LogP contribution is 2.11. The lowest BCUT2D eigenvalue weighted by Gasteiger charge is -2.18. The highest BCUT2D eigenvalue weighted by atomic mass is 16.2. The van der Waals surface area contributed by atoms with E-state index in [9.17, 15) is 4.79 Å². The minimum absolute atomic E-state index is 0.123. The lowest BCUT2D eigenvalue weighted by Crippen LogP contribution is -2.30. The Labute approximate surface area is 125 Å². The predicted octanol–water partition coefficient (Wildman–Crippen LogP) is 3.12. The van der Waals surface area contributed by atoms with Gasteiger partial charge in [-0.2, -0.15) is 0 Å². The molecule has 4 heteroatoms. The predicted molar refractivity (Wildman–Crippen MR) is 86.0 cm³/mol. The molecule has 0 aliphatic carbocycles. The fourth-order valence-electron chi connectivity index (χ4n) is 1.98.